The van der Waals surface area contributed by atoms with Crippen LogP contribution >= 0.6 is 0 Å². The number of nitrogens with zero attached hydrogens (tertiary/aromatic N) is 3. The van der Waals surface area contributed by atoms with Gasteiger partial charge in [0.15, 0.2) is 0 Å². The van der Waals surface area contributed by atoms with E-state index in [9.17, 15) is 4.79 Å². The Bertz CT molecular complexity index is 430. The highest BCUT2D eigenvalue weighted by Crippen LogP contribution is 2.22. The number of carbonyl (C=O) groups excluding carboxylic acids is 1. The summed E-state index contributed by atoms with van der Waals surface area (Å²) < 4.78 is 9.62. The zero-order valence-corrected chi connectivity index (χ0v) is 10.3. The van der Waals surface area contributed by atoms with Crippen LogP contribution in [0.1, 0.15) is 10.4 Å². The van der Waals surface area contributed by atoms with Crippen molar-refractivity contribution in [2.75, 3.05) is 28.3 Å². The van der Waals surface area contributed by atoms with E-state index in [4.69, 9.17) is 4.74 Å². The standard InChI is InChI=1S/C11H15N3O3/c1-14(2)7-13-9-6-12-10(16-3)5-8(9)11(15)17-4/h5-7H,1-4H3/b13-7+. The molecule has 0 radical (unpaired) electrons. The van der Waals surface area contributed by atoms with Gasteiger partial charge < -0.3 is 14.4 Å². The van der Waals surface area contributed by atoms with Crippen molar-refractivity contribution < 1.29 is 14.3 Å². The quantitative estimate of drug-likeness (QED) is 0.445. The van der Waals surface area contributed by atoms with Crippen LogP contribution in [0.15, 0.2) is 17.3 Å². The second-order valence-corrected chi connectivity index (χ2v) is 3.44. The SMILES string of the molecule is COC(=O)c1cc(OC)ncc1/N=C/N(C)C. The Labute approximate surface area is 99.9 Å². The van der Waals surface area contributed by atoms with E-state index in [1.165, 1.54) is 26.5 Å². The number of aliphatic imine (C=N–C) groups is 1. The Kier molecular flexibility index (Phi) is 4.45. The molecule has 6 nitrogen and oxygen atoms in total. The summed E-state index contributed by atoms with van der Waals surface area (Å²) in [5, 5.41) is 0. The van der Waals surface area contributed by atoms with Gasteiger partial charge in [0.1, 0.15) is 0 Å². The molecule has 1 heterocycles. The van der Waals surface area contributed by atoms with E-state index in [0.29, 0.717) is 17.1 Å². The molecule has 1 rings (SSSR count). The fourth-order valence-corrected chi connectivity index (χ4v) is 1.09. The zero-order chi connectivity index (χ0) is 12.8. The van der Waals surface area contributed by atoms with Gasteiger partial charge in [0.25, 0.3) is 0 Å². The third kappa shape index (κ3) is 3.44. The highest BCUT2D eigenvalue weighted by Gasteiger charge is 2.13. The predicted octanol–water partition coefficient (Wildman–Crippen LogP) is 1.10. The Morgan fingerprint density at radius 3 is 2.71 bits per heavy atom. The summed E-state index contributed by atoms with van der Waals surface area (Å²) in [5.41, 5.74) is 0.754. The Morgan fingerprint density at radius 2 is 2.18 bits per heavy atom. The lowest BCUT2D eigenvalue weighted by Crippen LogP contribution is -2.08. The van der Waals surface area contributed by atoms with Crippen molar-refractivity contribution in [1.82, 2.24) is 9.88 Å². The molecule has 0 amide bonds. The normalized spacial score (nSPS) is 10.4. The molecule has 0 bridgehead atoms. The maximum absolute atomic E-state index is 11.6. The minimum absolute atomic E-state index is 0.317. The van der Waals surface area contributed by atoms with Gasteiger partial charge in [-0.1, -0.05) is 0 Å². The van der Waals surface area contributed by atoms with E-state index in [2.05, 4.69) is 14.7 Å². The summed E-state index contributed by atoms with van der Waals surface area (Å²) in [4.78, 5) is 21.4. The molecule has 0 spiro atoms. The van der Waals surface area contributed by atoms with E-state index >= 15 is 0 Å². The van der Waals surface area contributed by atoms with Crippen LogP contribution in [-0.4, -0.2) is 50.5 Å². The summed E-state index contributed by atoms with van der Waals surface area (Å²) in [7, 11) is 6.46. The molecule has 1 aromatic heterocycles. The number of rotatable bonds is 4. The number of hydrogen-bond donors (Lipinski definition) is 0. The number of methoxy groups -OCH3 is 2. The van der Waals surface area contributed by atoms with Crippen LogP contribution in [0.3, 0.4) is 0 Å². The fourth-order valence-electron chi connectivity index (χ4n) is 1.09. The number of esters is 1. The summed E-state index contributed by atoms with van der Waals surface area (Å²) in [6, 6.07) is 1.49. The molecule has 0 aliphatic heterocycles. The van der Waals surface area contributed by atoms with Crippen LogP contribution in [-0.2, 0) is 4.74 Å². The molecule has 1 aromatic rings. The molecule has 0 unspecified atom stereocenters. The fraction of sp³-hybridized carbons (Fsp3) is 0.364. The lowest BCUT2D eigenvalue weighted by molar-refractivity contribution is 0.0601. The van der Waals surface area contributed by atoms with Gasteiger partial charge in [-0.15, -0.1) is 0 Å². The van der Waals surface area contributed by atoms with E-state index in [-0.39, 0.29) is 0 Å². The summed E-state index contributed by atoms with van der Waals surface area (Å²) >= 11 is 0. The van der Waals surface area contributed by atoms with E-state index in [1.807, 2.05) is 14.1 Å². The van der Waals surface area contributed by atoms with Gasteiger partial charge in [0.2, 0.25) is 5.88 Å². The summed E-state index contributed by atoms with van der Waals surface area (Å²) in [6.07, 6.45) is 3.04. The number of pyridine rings is 1. The molecule has 0 N–H and O–H groups in total. The second kappa shape index (κ2) is 5.83. The van der Waals surface area contributed by atoms with Crippen molar-refractivity contribution >= 4 is 18.0 Å². The van der Waals surface area contributed by atoms with Gasteiger partial charge in [-0.25, -0.2) is 14.8 Å². The first kappa shape index (κ1) is 13.0. The van der Waals surface area contributed by atoms with Crippen molar-refractivity contribution in [2.24, 2.45) is 4.99 Å². The smallest absolute Gasteiger partial charge is 0.340 e. The largest absolute Gasteiger partial charge is 0.481 e. The zero-order valence-electron chi connectivity index (χ0n) is 10.3. The Balaban J connectivity index is 3.15. The van der Waals surface area contributed by atoms with E-state index in [1.54, 1.807) is 11.2 Å². The van der Waals surface area contributed by atoms with Gasteiger partial charge in [-0.2, -0.15) is 0 Å². The molecule has 0 aliphatic rings. The van der Waals surface area contributed by atoms with Crippen LogP contribution in [0, 0.1) is 0 Å². The van der Waals surface area contributed by atoms with Gasteiger partial charge in [-0.3, -0.25) is 0 Å². The van der Waals surface area contributed by atoms with E-state index in [0.717, 1.165) is 0 Å². The minimum Gasteiger partial charge on any atom is -0.481 e. The molecule has 0 fully saturated rings. The molecule has 92 valence electrons. The first-order valence-electron chi connectivity index (χ1n) is 4.91. The number of aromatic nitrogens is 1. The first-order valence-corrected chi connectivity index (χ1v) is 4.91. The van der Waals surface area contributed by atoms with Crippen LogP contribution in [0.2, 0.25) is 0 Å². The van der Waals surface area contributed by atoms with Crippen LogP contribution in [0.5, 0.6) is 5.88 Å². The first-order chi connectivity index (χ1) is 8.08. The molecule has 6 heteroatoms. The monoisotopic (exact) mass is 237 g/mol. The van der Waals surface area contributed by atoms with Crippen molar-refractivity contribution in [3.63, 3.8) is 0 Å². The average Bonchev–Trinajstić information content (AvgIpc) is 2.35. The molecule has 0 saturated heterocycles. The van der Waals surface area contributed by atoms with Gasteiger partial charge in [0, 0.05) is 20.2 Å². The van der Waals surface area contributed by atoms with Crippen molar-refractivity contribution in [3.8, 4) is 5.88 Å². The second-order valence-electron chi connectivity index (χ2n) is 3.44. The molecular weight excluding hydrogens is 222 g/mol. The van der Waals surface area contributed by atoms with Crippen molar-refractivity contribution in [1.29, 1.82) is 0 Å². The lowest BCUT2D eigenvalue weighted by atomic mass is 10.2. The third-order valence-corrected chi connectivity index (χ3v) is 1.90. The minimum atomic E-state index is -0.475. The molecule has 0 atom stereocenters. The number of carbonyl (C=O) groups is 1. The van der Waals surface area contributed by atoms with Crippen molar-refractivity contribution in [3.05, 3.63) is 17.8 Å². The Morgan fingerprint density at radius 1 is 1.47 bits per heavy atom. The van der Waals surface area contributed by atoms with Crippen molar-refractivity contribution in [2.45, 2.75) is 0 Å². The highest BCUT2D eigenvalue weighted by molar-refractivity contribution is 5.95. The van der Waals surface area contributed by atoms with Crippen LogP contribution < -0.4 is 4.74 Å². The maximum atomic E-state index is 11.6. The van der Waals surface area contributed by atoms with Gasteiger partial charge >= 0.3 is 5.97 Å². The molecular formula is C11H15N3O3. The number of ether oxygens (including phenoxy) is 2. The molecule has 0 aromatic carbocycles. The highest BCUT2D eigenvalue weighted by atomic mass is 16.5. The number of hydrogen-bond acceptors (Lipinski definition) is 5. The molecule has 17 heavy (non-hydrogen) atoms. The van der Waals surface area contributed by atoms with E-state index < -0.39 is 5.97 Å². The lowest BCUT2D eigenvalue weighted by Gasteiger charge is -2.07. The molecule has 0 aliphatic carbocycles. The van der Waals surface area contributed by atoms with Crippen LogP contribution in [0.25, 0.3) is 0 Å². The summed E-state index contributed by atoms with van der Waals surface area (Å²) in [5.74, 6) is -0.134. The molecule has 0 saturated carbocycles. The average molecular weight is 237 g/mol. The van der Waals surface area contributed by atoms with Crippen LogP contribution in [0.4, 0.5) is 5.69 Å². The summed E-state index contributed by atoms with van der Waals surface area (Å²) in [6.45, 7) is 0. The predicted molar refractivity (Wildman–Crippen MR) is 64.0 cm³/mol. The third-order valence-electron chi connectivity index (χ3n) is 1.90. The maximum Gasteiger partial charge on any atom is 0.340 e. The van der Waals surface area contributed by atoms with Gasteiger partial charge in [-0.05, 0) is 0 Å². The topological polar surface area (TPSA) is 64.0 Å². The van der Waals surface area contributed by atoms with Gasteiger partial charge in [0.05, 0.1) is 38.0 Å². The Hall–Kier alpha value is -2.11.